The summed E-state index contributed by atoms with van der Waals surface area (Å²) in [6, 6.07) is 24.7. The number of rotatable bonds is 5. The van der Waals surface area contributed by atoms with Crippen LogP contribution < -0.4 is 20.9 Å². The lowest BCUT2D eigenvalue weighted by Crippen LogP contribution is -2.33. The number of H-pyrrole nitrogens is 1. The molecule has 144 valence electrons. The lowest BCUT2D eigenvalue weighted by atomic mass is 10.2. The smallest absolute Gasteiger partial charge is 0.279 e. The van der Waals surface area contributed by atoms with Gasteiger partial charge in [0.1, 0.15) is 12.4 Å². The molecule has 3 aromatic carbocycles. The van der Waals surface area contributed by atoms with Crippen LogP contribution in [0, 0.1) is 0 Å². The zero-order chi connectivity index (χ0) is 20.2. The van der Waals surface area contributed by atoms with E-state index in [1.807, 2.05) is 60.7 Å². The number of benzene rings is 3. The first kappa shape index (κ1) is 18.8. The van der Waals surface area contributed by atoms with Gasteiger partial charge in [0.15, 0.2) is 0 Å². The second-order valence-corrected chi connectivity index (χ2v) is 7.05. The molecule has 0 saturated carbocycles. The maximum atomic E-state index is 12.8. The minimum absolute atomic E-state index is 0.165. The Balaban J connectivity index is 1.57. The van der Waals surface area contributed by atoms with E-state index < -0.39 is 0 Å². The van der Waals surface area contributed by atoms with Gasteiger partial charge in [-0.05, 0) is 53.6 Å². The molecule has 1 N–H and O–H groups in total. The fourth-order valence-electron chi connectivity index (χ4n) is 2.98. The Morgan fingerprint density at radius 3 is 2.34 bits per heavy atom. The van der Waals surface area contributed by atoms with Crippen LogP contribution in [0.3, 0.4) is 0 Å². The summed E-state index contributed by atoms with van der Waals surface area (Å²) in [4.78, 5) is 12.8. The molecule has 5 heteroatoms. The van der Waals surface area contributed by atoms with Crippen LogP contribution in [-0.4, -0.2) is 9.78 Å². The summed E-state index contributed by atoms with van der Waals surface area (Å²) < 4.78 is 7.27. The molecular weight excluding hydrogens is 384 g/mol. The molecule has 0 bridgehead atoms. The summed E-state index contributed by atoms with van der Waals surface area (Å²) in [5, 5.41) is 4.69. The zero-order valence-electron chi connectivity index (χ0n) is 15.6. The molecular formula is C24H19ClN2O2. The minimum Gasteiger partial charge on any atom is -0.489 e. The van der Waals surface area contributed by atoms with Gasteiger partial charge in [-0.2, -0.15) is 0 Å². The largest absolute Gasteiger partial charge is 0.489 e. The first-order valence-corrected chi connectivity index (χ1v) is 9.52. The summed E-state index contributed by atoms with van der Waals surface area (Å²) >= 11 is 5.93. The number of nitrogens with zero attached hydrogens (tertiary/aromatic N) is 1. The molecule has 0 atom stereocenters. The maximum absolute atomic E-state index is 12.8. The molecule has 0 amide bonds. The lowest BCUT2D eigenvalue weighted by molar-refractivity contribution is 0.306. The molecule has 1 heterocycles. The van der Waals surface area contributed by atoms with Gasteiger partial charge >= 0.3 is 0 Å². The standard InChI is InChI=1S/C24H19ClN2O2/c1-17-23(24(28)27(26-17)21-11-9-20(25)10-12-21)15-18-7-13-22(14-8-18)29-16-19-5-3-2-4-6-19/h2-15,26H,1,16H2/b23-15-. The number of halogens is 1. The van der Waals surface area contributed by atoms with Crippen LogP contribution in [0.25, 0.3) is 18.3 Å². The van der Waals surface area contributed by atoms with E-state index in [2.05, 4.69) is 11.7 Å². The molecule has 0 aliphatic rings. The van der Waals surface area contributed by atoms with Crippen LogP contribution in [-0.2, 0) is 6.61 Å². The lowest BCUT2D eigenvalue weighted by Gasteiger charge is -2.06. The predicted octanol–water partition coefficient (Wildman–Crippen LogP) is 3.64. The fraction of sp³-hybridized carbons (Fsp3) is 0.0417. The van der Waals surface area contributed by atoms with Gasteiger partial charge in [-0.25, -0.2) is 4.68 Å². The summed E-state index contributed by atoms with van der Waals surface area (Å²) in [6.45, 7) is 4.47. The van der Waals surface area contributed by atoms with Gasteiger partial charge in [0, 0.05) is 5.02 Å². The van der Waals surface area contributed by atoms with E-state index in [9.17, 15) is 4.79 Å². The Bertz CT molecular complexity index is 1270. The Labute approximate surface area is 173 Å². The number of hydrogen-bond acceptors (Lipinski definition) is 2. The van der Waals surface area contributed by atoms with Gasteiger partial charge in [0.05, 0.1) is 16.3 Å². The second kappa shape index (κ2) is 8.25. The molecule has 0 aliphatic heterocycles. The van der Waals surface area contributed by atoms with Crippen molar-refractivity contribution in [2.45, 2.75) is 6.61 Å². The molecule has 0 fully saturated rings. The summed E-state index contributed by atoms with van der Waals surface area (Å²) in [7, 11) is 0. The van der Waals surface area contributed by atoms with Crippen molar-refractivity contribution in [1.29, 1.82) is 0 Å². The third-order valence-corrected chi connectivity index (χ3v) is 4.78. The van der Waals surface area contributed by atoms with Crippen LogP contribution in [0.2, 0.25) is 5.02 Å². The Morgan fingerprint density at radius 2 is 1.66 bits per heavy atom. The Hall–Kier alpha value is -3.50. The van der Waals surface area contributed by atoms with Crippen LogP contribution in [0.1, 0.15) is 11.1 Å². The zero-order valence-corrected chi connectivity index (χ0v) is 16.4. The van der Waals surface area contributed by atoms with Crippen LogP contribution in [0.5, 0.6) is 5.75 Å². The van der Waals surface area contributed by atoms with Crippen LogP contribution >= 0.6 is 11.6 Å². The summed E-state index contributed by atoms with van der Waals surface area (Å²) in [6.07, 6.45) is 1.81. The molecule has 0 aliphatic carbocycles. The monoisotopic (exact) mass is 402 g/mol. The van der Waals surface area contributed by atoms with E-state index in [1.54, 1.807) is 24.3 Å². The molecule has 0 radical (unpaired) electrons. The van der Waals surface area contributed by atoms with Gasteiger partial charge in [-0.3, -0.25) is 9.89 Å². The van der Waals surface area contributed by atoms with Crippen molar-refractivity contribution in [2.24, 2.45) is 0 Å². The van der Waals surface area contributed by atoms with E-state index in [1.165, 1.54) is 4.68 Å². The highest BCUT2D eigenvalue weighted by atomic mass is 35.5. The molecule has 4 rings (SSSR count). The molecule has 0 unspecified atom stereocenters. The van der Waals surface area contributed by atoms with E-state index >= 15 is 0 Å². The van der Waals surface area contributed by atoms with Crippen LogP contribution in [0.15, 0.2) is 83.7 Å². The summed E-state index contributed by atoms with van der Waals surface area (Å²) in [5.74, 6) is 0.772. The Kier molecular flexibility index (Phi) is 5.36. The van der Waals surface area contributed by atoms with Crippen LogP contribution in [0.4, 0.5) is 0 Å². The fourth-order valence-corrected chi connectivity index (χ4v) is 3.11. The maximum Gasteiger partial charge on any atom is 0.279 e. The predicted molar refractivity (Wildman–Crippen MR) is 117 cm³/mol. The van der Waals surface area contributed by atoms with Crippen molar-refractivity contribution < 1.29 is 4.74 Å². The molecule has 4 aromatic rings. The highest BCUT2D eigenvalue weighted by molar-refractivity contribution is 6.30. The number of aromatic nitrogens is 2. The number of hydrogen-bond donors (Lipinski definition) is 1. The van der Waals surface area contributed by atoms with Crippen molar-refractivity contribution in [1.82, 2.24) is 9.78 Å². The third kappa shape index (κ3) is 4.33. The number of aromatic amines is 1. The number of nitrogens with one attached hydrogen (secondary N) is 1. The topological polar surface area (TPSA) is 47.0 Å². The first-order chi connectivity index (χ1) is 14.1. The van der Waals surface area contributed by atoms with Gasteiger partial charge < -0.3 is 4.74 Å². The molecule has 0 spiro atoms. The first-order valence-electron chi connectivity index (χ1n) is 9.14. The molecule has 4 nitrogen and oxygen atoms in total. The quantitative estimate of drug-likeness (QED) is 0.554. The highest BCUT2D eigenvalue weighted by Gasteiger charge is 2.05. The van der Waals surface area contributed by atoms with Crippen molar-refractivity contribution >= 4 is 24.3 Å². The summed E-state index contributed by atoms with van der Waals surface area (Å²) in [5.41, 5.74) is 2.54. The third-order valence-electron chi connectivity index (χ3n) is 4.53. The van der Waals surface area contributed by atoms with Gasteiger partial charge in [-0.15, -0.1) is 0 Å². The normalized spacial score (nSPS) is 11.6. The van der Waals surface area contributed by atoms with E-state index in [0.717, 1.165) is 16.9 Å². The van der Waals surface area contributed by atoms with Gasteiger partial charge in [-0.1, -0.05) is 60.6 Å². The average molecular weight is 403 g/mol. The number of ether oxygens (including phenoxy) is 1. The van der Waals surface area contributed by atoms with Crippen molar-refractivity contribution in [2.75, 3.05) is 0 Å². The van der Waals surface area contributed by atoms with Gasteiger partial charge in [0.2, 0.25) is 0 Å². The highest BCUT2D eigenvalue weighted by Crippen LogP contribution is 2.14. The second-order valence-electron chi connectivity index (χ2n) is 6.61. The average Bonchev–Trinajstić information content (AvgIpc) is 3.03. The molecule has 29 heavy (non-hydrogen) atoms. The SMILES string of the molecule is C=c1[nH]n(-c2ccc(Cl)cc2)c(=O)/c1=C\c1ccc(OCc2ccccc2)cc1. The van der Waals surface area contributed by atoms with E-state index in [0.29, 0.717) is 27.9 Å². The van der Waals surface area contributed by atoms with Crippen molar-refractivity contribution in [3.8, 4) is 11.4 Å². The van der Waals surface area contributed by atoms with E-state index in [-0.39, 0.29) is 5.56 Å². The van der Waals surface area contributed by atoms with Crippen molar-refractivity contribution in [3.05, 3.63) is 116 Å². The minimum atomic E-state index is -0.165. The van der Waals surface area contributed by atoms with Crippen molar-refractivity contribution in [3.63, 3.8) is 0 Å². The molecule has 1 aromatic heterocycles. The molecule has 0 saturated heterocycles. The Morgan fingerprint density at radius 1 is 0.966 bits per heavy atom. The van der Waals surface area contributed by atoms with E-state index in [4.69, 9.17) is 16.3 Å². The van der Waals surface area contributed by atoms with Gasteiger partial charge in [0.25, 0.3) is 5.56 Å².